The monoisotopic (exact) mass is 315 g/mol. The largest absolute Gasteiger partial charge is 0.370 e. The summed E-state index contributed by atoms with van der Waals surface area (Å²) >= 11 is 0. The van der Waals surface area contributed by atoms with Crippen LogP contribution in [0.3, 0.4) is 0 Å². The van der Waals surface area contributed by atoms with Gasteiger partial charge >= 0.3 is 0 Å². The first kappa shape index (κ1) is 16.3. The first-order chi connectivity index (χ1) is 11.2. The fourth-order valence-electron chi connectivity index (χ4n) is 4.00. The van der Waals surface area contributed by atoms with Crippen LogP contribution in [-0.2, 0) is 0 Å². The zero-order chi connectivity index (χ0) is 16.2. The summed E-state index contributed by atoms with van der Waals surface area (Å²) in [5.74, 6) is 0.880. The van der Waals surface area contributed by atoms with Crippen LogP contribution in [-0.4, -0.2) is 41.5 Å². The number of hydrogen-bond donors (Lipinski definition) is 0. The number of hydrogen-bond acceptors (Lipinski definition) is 3. The van der Waals surface area contributed by atoms with Gasteiger partial charge in [-0.1, -0.05) is 13.8 Å². The van der Waals surface area contributed by atoms with Crippen LogP contribution in [0.1, 0.15) is 62.7 Å². The van der Waals surface area contributed by atoms with E-state index in [0.717, 1.165) is 56.1 Å². The number of piperidine rings is 2. The molecule has 0 bridgehead atoms. The number of likely N-dealkylation sites (tertiary alicyclic amines) is 1. The molecule has 126 valence electrons. The van der Waals surface area contributed by atoms with Crippen molar-refractivity contribution >= 4 is 11.6 Å². The quantitative estimate of drug-likeness (QED) is 0.853. The Bertz CT molecular complexity index is 545. The van der Waals surface area contributed by atoms with E-state index < -0.39 is 0 Å². The maximum absolute atomic E-state index is 12.9. The highest BCUT2D eigenvalue weighted by molar-refractivity contribution is 5.95. The molecule has 4 nitrogen and oxygen atoms in total. The molecule has 1 aromatic rings. The summed E-state index contributed by atoms with van der Waals surface area (Å²) in [6.45, 7) is 7.52. The average molecular weight is 315 g/mol. The van der Waals surface area contributed by atoms with E-state index in [9.17, 15) is 4.79 Å². The first-order valence-electron chi connectivity index (χ1n) is 9.20. The number of amides is 1. The molecule has 2 aliphatic rings. The van der Waals surface area contributed by atoms with Crippen LogP contribution < -0.4 is 4.90 Å². The highest BCUT2D eigenvalue weighted by Crippen LogP contribution is 2.25. The van der Waals surface area contributed by atoms with Crippen LogP contribution in [0.5, 0.6) is 0 Å². The number of anilines is 1. The number of rotatable bonds is 3. The van der Waals surface area contributed by atoms with E-state index >= 15 is 0 Å². The van der Waals surface area contributed by atoms with Crippen molar-refractivity contribution in [3.05, 3.63) is 24.0 Å². The fraction of sp³-hybridized carbons (Fsp3) is 0.684. The van der Waals surface area contributed by atoms with Gasteiger partial charge in [-0.15, -0.1) is 0 Å². The third kappa shape index (κ3) is 3.67. The summed E-state index contributed by atoms with van der Waals surface area (Å²) in [5.41, 5.74) is 1.86. The van der Waals surface area contributed by atoms with Crippen molar-refractivity contribution in [2.45, 2.75) is 58.4 Å². The van der Waals surface area contributed by atoms with E-state index in [1.807, 2.05) is 6.20 Å². The number of nitrogens with zero attached hydrogens (tertiary/aromatic N) is 3. The normalized spacial score (nSPS) is 25.5. The second kappa shape index (κ2) is 7.33. The van der Waals surface area contributed by atoms with Crippen molar-refractivity contribution in [2.75, 3.05) is 24.5 Å². The van der Waals surface area contributed by atoms with E-state index in [1.54, 1.807) is 6.20 Å². The van der Waals surface area contributed by atoms with Gasteiger partial charge in [-0.2, -0.15) is 0 Å². The smallest absolute Gasteiger partial charge is 0.255 e. The van der Waals surface area contributed by atoms with Crippen molar-refractivity contribution in [2.24, 2.45) is 5.92 Å². The predicted molar refractivity (Wildman–Crippen MR) is 93.8 cm³/mol. The van der Waals surface area contributed by atoms with E-state index in [1.165, 1.54) is 19.3 Å². The van der Waals surface area contributed by atoms with E-state index in [4.69, 9.17) is 0 Å². The van der Waals surface area contributed by atoms with Gasteiger partial charge in [-0.3, -0.25) is 9.78 Å². The molecule has 2 unspecified atom stereocenters. The Hall–Kier alpha value is -1.58. The van der Waals surface area contributed by atoms with Crippen LogP contribution in [0.15, 0.2) is 18.5 Å². The highest BCUT2D eigenvalue weighted by Gasteiger charge is 2.27. The van der Waals surface area contributed by atoms with Crippen LogP contribution >= 0.6 is 0 Å². The Balaban J connectivity index is 1.77. The summed E-state index contributed by atoms with van der Waals surface area (Å²) in [7, 11) is 0. The van der Waals surface area contributed by atoms with Gasteiger partial charge in [0, 0.05) is 31.9 Å². The molecule has 2 aliphatic heterocycles. The molecule has 2 atom stereocenters. The number of pyridine rings is 1. The molecule has 1 amide bonds. The minimum Gasteiger partial charge on any atom is -0.370 e. The molecule has 3 heterocycles. The van der Waals surface area contributed by atoms with Gasteiger partial charge < -0.3 is 9.80 Å². The van der Waals surface area contributed by atoms with Gasteiger partial charge in [0.1, 0.15) is 0 Å². The standard InChI is InChI=1S/C19H29N3O/c1-3-17-8-4-5-10-22(17)19(23)16-11-18(13-20-12-16)21-9-6-7-15(2)14-21/h11-13,15,17H,3-10,14H2,1-2H3. The molecular weight excluding hydrogens is 286 g/mol. The molecular formula is C19H29N3O. The minimum atomic E-state index is 0.163. The van der Waals surface area contributed by atoms with E-state index in [2.05, 4.69) is 34.7 Å². The fourth-order valence-corrected chi connectivity index (χ4v) is 4.00. The number of aromatic nitrogens is 1. The zero-order valence-electron chi connectivity index (χ0n) is 14.5. The topological polar surface area (TPSA) is 36.4 Å². The molecule has 0 saturated carbocycles. The Morgan fingerprint density at radius 3 is 2.87 bits per heavy atom. The van der Waals surface area contributed by atoms with Crippen molar-refractivity contribution < 1.29 is 4.79 Å². The summed E-state index contributed by atoms with van der Waals surface area (Å²) in [6, 6.07) is 2.45. The van der Waals surface area contributed by atoms with E-state index in [0.29, 0.717) is 6.04 Å². The second-order valence-electron chi connectivity index (χ2n) is 7.18. The van der Waals surface area contributed by atoms with Gasteiger partial charge in [-0.05, 0) is 50.5 Å². The van der Waals surface area contributed by atoms with Crippen molar-refractivity contribution in [3.63, 3.8) is 0 Å². The summed E-state index contributed by atoms with van der Waals surface area (Å²) in [5, 5.41) is 0. The Morgan fingerprint density at radius 1 is 1.22 bits per heavy atom. The lowest BCUT2D eigenvalue weighted by atomic mass is 9.98. The lowest BCUT2D eigenvalue weighted by molar-refractivity contribution is 0.0607. The third-order valence-electron chi connectivity index (χ3n) is 5.35. The third-order valence-corrected chi connectivity index (χ3v) is 5.35. The number of carbonyl (C=O) groups excluding carboxylic acids is 1. The van der Waals surface area contributed by atoms with Gasteiger partial charge in [0.2, 0.25) is 0 Å². The molecule has 23 heavy (non-hydrogen) atoms. The summed E-state index contributed by atoms with van der Waals surface area (Å²) in [6.07, 6.45) is 10.7. The van der Waals surface area contributed by atoms with Crippen LogP contribution in [0.25, 0.3) is 0 Å². The minimum absolute atomic E-state index is 0.163. The van der Waals surface area contributed by atoms with Crippen molar-refractivity contribution in [1.29, 1.82) is 0 Å². The van der Waals surface area contributed by atoms with Gasteiger partial charge in [0.25, 0.3) is 5.91 Å². The zero-order valence-corrected chi connectivity index (χ0v) is 14.5. The summed E-state index contributed by atoms with van der Waals surface area (Å²) < 4.78 is 0. The lowest BCUT2D eigenvalue weighted by Crippen LogP contribution is -2.43. The maximum Gasteiger partial charge on any atom is 0.255 e. The van der Waals surface area contributed by atoms with Crippen molar-refractivity contribution in [3.8, 4) is 0 Å². The average Bonchev–Trinajstić information content (AvgIpc) is 2.61. The Labute approximate surface area is 139 Å². The van der Waals surface area contributed by atoms with Gasteiger partial charge in [0.05, 0.1) is 17.4 Å². The van der Waals surface area contributed by atoms with E-state index in [-0.39, 0.29) is 5.91 Å². The molecule has 3 rings (SSSR count). The molecule has 1 aromatic heterocycles. The summed E-state index contributed by atoms with van der Waals surface area (Å²) in [4.78, 5) is 21.8. The molecule has 0 N–H and O–H groups in total. The molecule has 0 radical (unpaired) electrons. The maximum atomic E-state index is 12.9. The number of carbonyl (C=O) groups is 1. The van der Waals surface area contributed by atoms with Crippen LogP contribution in [0.2, 0.25) is 0 Å². The Morgan fingerprint density at radius 2 is 2.09 bits per heavy atom. The SMILES string of the molecule is CCC1CCCCN1C(=O)c1cncc(N2CCCC(C)C2)c1. The molecule has 4 heteroatoms. The molecule has 2 fully saturated rings. The van der Waals surface area contributed by atoms with Crippen LogP contribution in [0.4, 0.5) is 5.69 Å². The highest BCUT2D eigenvalue weighted by atomic mass is 16.2. The van der Waals surface area contributed by atoms with Crippen LogP contribution in [0, 0.1) is 5.92 Å². The lowest BCUT2D eigenvalue weighted by Gasteiger charge is -2.36. The molecule has 0 aromatic carbocycles. The molecule has 0 spiro atoms. The molecule has 2 saturated heterocycles. The predicted octanol–water partition coefficient (Wildman–Crippen LogP) is 3.72. The second-order valence-corrected chi connectivity index (χ2v) is 7.18. The van der Waals surface area contributed by atoms with Crippen molar-refractivity contribution in [1.82, 2.24) is 9.88 Å². The van der Waals surface area contributed by atoms with Gasteiger partial charge in [0.15, 0.2) is 0 Å². The first-order valence-corrected chi connectivity index (χ1v) is 9.20. The Kier molecular flexibility index (Phi) is 5.19. The molecule has 0 aliphatic carbocycles. The van der Waals surface area contributed by atoms with Gasteiger partial charge in [-0.25, -0.2) is 0 Å².